The predicted molar refractivity (Wildman–Crippen MR) is 76.1 cm³/mol. The molecule has 1 heterocycles. The highest BCUT2D eigenvalue weighted by Gasteiger charge is 2.19. The molecule has 0 spiro atoms. The van der Waals surface area contributed by atoms with Gasteiger partial charge in [-0.3, -0.25) is 5.43 Å². The van der Waals surface area contributed by atoms with Gasteiger partial charge in [0.1, 0.15) is 0 Å². The van der Waals surface area contributed by atoms with Gasteiger partial charge in [0.25, 0.3) is 0 Å². The molecular formula is C12H15N3O3S. The zero-order valence-electron chi connectivity index (χ0n) is 10.7. The summed E-state index contributed by atoms with van der Waals surface area (Å²) in [5.74, 6) is 1.89. The molecule has 0 unspecified atom stereocenters. The van der Waals surface area contributed by atoms with Crippen molar-refractivity contribution in [1.29, 1.82) is 0 Å². The van der Waals surface area contributed by atoms with E-state index in [0.717, 1.165) is 12.1 Å². The lowest BCUT2D eigenvalue weighted by Crippen LogP contribution is -2.31. The van der Waals surface area contributed by atoms with Crippen LogP contribution in [-0.2, 0) is 0 Å². The molecular weight excluding hydrogens is 266 g/mol. The second kappa shape index (κ2) is 6.24. The van der Waals surface area contributed by atoms with Crippen LogP contribution >= 0.6 is 12.2 Å². The fraction of sp³-hybridized carbons (Fsp3) is 0.333. The van der Waals surface area contributed by atoms with Crippen molar-refractivity contribution >= 4 is 23.5 Å². The van der Waals surface area contributed by atoms with E-state index in [9.17, 15) is 0 Å². The van der Waals surface area contributed by atoms with Gasteiger partial charge < -0.3 is 19.5 Å². The van der Waals surface area contributed by atoms with Crippen LogP contribution in [0.4, 0.5) is 0 Å². The molecule has 0 radical (unpaired) electrons. The van der Waals surface area contributed by atoms with Crippen molar-refractivity contribution in [2.75, 3.05) is 20.4 Å². The van der Waals surface area contributed by atoms with Crippen LogP contribution < -0.4 is 25.0 Å². The van der Waals surface area contributed by atoms with Crippen molar-refractivity contribution in [2.45, 2.75) is 6.92 Å². The first-order valence-corrected chi connectivity index (χ1v) is 6.20. The summed E-state index contributed by atoms with van der Waals surface area (Å²) in [6.07, 6.45) is 1.63. The molecule has 2 N–H and O–H groups in total. The van der Waals surface area contributed by atoms with E-state index in [1.807, 2.05) is 19.1 Å². The molecule has 1 aliphatic rings. The average molecular weight is 281 g/mol. The molecule has 102 valence electrons. The van der Waals surface area contributed by atoms with Gasteiger partial charge in [0.15, 0.2) is 16.6 Å². The van der Waals surface area contributed by atoms with Crippen LogP contribution in [0, 0.1) is 0 Å². The summed E-state index contributed by atoms with van der Waals surface area (Å²) in [5, 5.41) is 7.44. The first-order valence-electron chi connectivity index (χ1n) is 5.79. The Labute approximate surface area is 116 Å². The summed E-state index contributed by atoms with van der Waals surface area (Å²) in [4.78, 5) is 0. The van der Waals surface area contributed by atoms with Gasteiger partial charge in [-0.15, -0.1) is 0 Å². The molecule has 0 saturated carbocycles. The number of benzene rings is 1. The number of hydrazone groups is 1. The van der Waals surface area contributed by atoms with Crippen molar-refractivity contribution in [3.8, 4) is 17.2 Å². The molecule has 1 aromatic rings. The lowest BCUT2D eigenvalue weighted by molar-refractivity contribution is 0.171. The summed E-state index contributed by atoms with van der Waals surface area (Å²) < 4.78 is 15.9. The van der Waals surface area contributed by atoms with E-state index in [1.165, 1.54) is 0 Å². The molecule has 2 rings (SSSR count). The van der Waals surface area contributed by atoms with E-state index in [1.54, 1.807) is 13.3 Å². The predicted octanol–water partition coefficient (Wildman–Crippen LogP) is 1.24. The molecule has 0 bridgehead atoms. The quantitative estimate of drug-likeness (QED) is 0.492. The van der Waals surface area contributed by atoms with E-state index >= 15 is 0 Å². The fourth-order valence-electron chi connectivity index (χ4n) is 1.59. The zero-order chi connectivity index (χ0) is 13.7. The van der Waals surface area contributed by atoms with Gasteiger partial charge in [0, 0.05) is 12.1 Å². The summed E-state index contributed by atoms with van der Waals surface area (Å²) in [6, 6.07) is 3.64. The normalized spacial score (nSPS) is 12.5. The topological polar surface area (TPSA) is 64.1 Å². The van der Waals surface area contributed by atoms with Crippen LogP contribution in [0.15, 0.2) is 17.2 Å². The van der Waals surface area contributed by atoms with Crippen molar-refractivity contribution < 1.29 is 14.2 Å². The number of rotatable bonds is 4. The summed E-state index contributed by atoms with van der Waals surface area (Å²) in [6.45, 7) is 2.91. The average Bonchev–Trinajstić information content (AvgIpc) is 2.86. The molecule has 6 nitrogen and oxygen atoms in total. The number of hydrogen-bond donors (Lipinski definition) is 2. The largest absolute Gasteiger partial charge is 0.493 e. The number of nitrogens with zero attached hydrogens (tertiary/aromatic N) is 1. The highest BCUT2D eigenvalue weighted by molar-refractivity contribution is 7.80. The lowest BCUT2D eigenvalue weighted by Gasteiger charge is -2.06. The number of nitrogens with one attached hydrogen (secondary N) is 2. The highest BCUT2D eigenvalue weighted by atomic mass is 32.1. The minimum Gasteiger partial charge on any atom is -0.493 e. The Kier molecular flexibility index (Phi) is 4.40. The summed E-state index contributed by atoms with van der Waals surface area (Å²) in [5.41, 5.74) is 3.54. The van der Waals surface area contributed by atoms with Gasteiger partial charge in [-0.2, -0.15) is 5.10 Å². The van der Waals surface area contributed by atoms with Crippen molar-refractivity contribution in [3.63, 3.8) is 0 Å². The van der Waals surface area contributed by atoms with Crippen molar-refractivity contribution in [3.05, 3.63) is 17.7 Å². The molecule has 0 atom stereocenters. The van der Waals surface area contributed by atoms with E-state index in [2.05, 4.69) is 15.8 Å². The Hall–Kier alpha value is -2.02. The highest BCUT2D eigenvalue weighted by Crippen LogP contribution is 2.41. The summed E-state index contributed by atoms with van der Waals surface area (Å²) in [7, 11) is 1.58. The van der Waals surface area contributed by atoms with Gasteiger partial charge in [-0.1, -0.05) is 0 Å². The first-order chi connectivity index (χ1) is 9.24. The minimum atomic E-state index is 0.203. The van der Waals surface area contributed by atoms with Crippen LogP contribution in [0.2, 0.25) is 0 Å². The molecule has 1 aliphatic heterocycles. The molecule has 0 aromatic heterocycles. The fourth-order valence-corrected chi connectivity index (χ4v) is 1.79. The minimum absolute atomic E-state index is 0.203. The number of fused-ring (bicyclic) bond motifs is 1. The monoisotopic (exact) mass is 281 g/mol. The third-order valence-corrected chi connectivity index (χ3v) is 2.63. The molecule has 0 amide bonds. The number of methoxy groups -OCH3 is 1. The maximum Gasteiger partial charge on any atom is 0.231 e. The van der Waals surface area contributed by atoms with Gasteiger partial charge in [0.05, 0.1) is 13.3 Å². The van der Waals surface area contributed by atoms with Crippen LogP contribution in [0.1, 0.15) is 12.5 Å². The number of thiocarbonyl (C=S) groups is 1. The Morgan fingerprint density at radius 3 is 3.11 bits per heavy atom. The van der Waals surface area contributed by atoms with Crippen LogP contribution in [0.25, 0.3) is 0 Å². The Morgan fingerprint density at radius 2 is 2.37 bits per heavy atom. The van der Waals surface area contributed by atoms with E-state index in [0.29, 0.717) is 22.4 Å². The van der Waals surface area contributed by atoms with E-state index in [-0.39, 0.29) is 6.79 Å². The van der Waals surface area contributed by atoms with Gasteiger partial charge in [0.2, 0.25) is 12.5 Å². The molecule has 19 heavy (non-hydrogen) atoms. The SMILES string of the molecule is CCNC(=S)N/N=C\c1cc(OC)c2c(c1)OCO2. The maximum absolute atomic E-state index is 5.33. The first kappa shape index (κ1) is 13.4. The maximum atomic E-state index is 5.33. The van der Waals surface area contributed by atoms with Crippen LogP contribution in [0.3, 0.4) is 0 Å². The smallest absolute Gasteiger partial charge is 0.231 e. The van der Waals surface area contributed by atoms with Crippen molar-refractivity contribution in [2.24, 2.45) is 5.10 Å². The van der Waals surface area contributed by atoms with Gasteiger partial charge in [-0.05, 0) is 31.3 Å². The Morgan fingerprint density at radius 1 is 1.53 bits per heavy atom. The van der Waals surface area contributed by atoms with Gasteiger partial charge in [-0.25, -0.2) is 0 Å². The summed E-state index contributed by atoms with van der Waals surface area (Å²) >= 11 is 4.99. The molecule has 0 fully saturated rings. The van der Waals surface area contributed by atoms with Crippen molar-refractivity contribution in [1.82, 2.24) is 10.7 Å². The van der Waals surface area contributed by atoms with Gasteiger partial charge >= 0.3 is 0 Å². The number of ether oxygens (including phenoxy) is 3. The lowest BCUT2D eigenvalue weighted by atomic mass is 10.2. The van der Waals surface area contributed by atoms with E-state index < -0.39 is 0 Å². The standard InChI is InChI=1S/C12H15N3O3S/c1-3-13-12(19)15-14-6-8-4-9(16-2)11-10(5-8)17-7-18-11/h4-6H,3,7H2,1-2H3,(H2,13,15,19)/b14-6-. The van der Waals surface area contributed by atoms with Crippen LogP contribution in [-0.4, -0.2) is 31.8 Å². The molecule has 0 saturated heterocycles. The van der Waals surface area contributed by atoms with E-state index in [4.69, 9.17) is 26.4 Å². The molecule has 7 heteroatoms. The Balaban J connectivity index is 2.09. The zero-order valence-corrected chi connectivity index (χ0v) is 11.5. The van der Waals surface area contributed by atoms with Crippen LogP contribution in [0.5, 0.6) is 17.2 Å². The Bertz CT molecular complexity index is 505. The second-order valence-corrected chi connectivity index (χ2v) is 4.09. The number of hydrogen-bond acceptors (Lipinski definition) is 5. The molecule has 1 aromatic carbocycles. The third kappa shape index (κ3) is 3.25. The third-order valence-electron chi connectivity index (χ3n) is 2.40. The second-order valence-electron chi connectivity index (χ2n) is 3.69. The molecule has 0 aliphatic carbocycles.